The fourth-order valence-corrected chi connectivity index (χ4v) is 1.42. The van der Waals surface area contributed by atoms with Crippen molar-refractivity contribution in [3.8, 4) is 6.07 Å². The lowest BCUT2D eigenvalue weighted by atomic mass is 10.1. The SMILES string of the molecule is Cc1ccc(Nc2cnc(C#N)cn2)cc1C. The number of anilines is 2. The second-order valence-electron chi connectivity index (χ2n) is 3.82. The number of nitrogens with one attached hydrogen (secondary N) is 1. The van der Waals surface area contributed by atoms with Crippen LogP contribution in [0.5, 0.6) is 0 Å². The van der Waals surface area contributed by atoms with Gasteiger partial charge in [-0.05, 0) is 37.1 Å². The Labute approximate surface area is 100.0 Å². The van der Waals surface area contributed by atoms with E-state index in [2.05, 4.69) is 41.3 Å². The van der Waals surface area contributed by atoms with Crippen LogP contribution in [0.2, 0.25) is 0 Å². The van der Waals surface area contributed by atoms with Gasteiger partial charge in [0.15, 0.2) is 5.69 Å². The van der Waals surface area contributed by atoms with Crippen molar-refractivity contribution in [3.63, 3.8) is 0 Å². The average molecular weight is 224 g/mol. The minimum Gasteiger partial charge on any atom is -0.339 e. The van der Waals surface area contributed by atoms with Gasteiger partial charge in [-0.15, -0.1) is 0 Å². The molecule has 84 valence electrons. The molecule has 0 aliphatic rings. The number of hydrogen-bond donors (Lipinski definition) is 1. The number of nitriles is 1. The van der Waals surface area contributed by atoms with Gasteiger partial charge in [0.1, 0.15) is 11.9 Å². The van der Waals surface area contributed by atoms with E-state index in [1.807, 2.05) is 12.1 Å². The van der Waals surface area contributed by atoms with E-state index in [1.54, 1.807) is 6.20 Å². The van der Waals surface area contributed by atoms with Crippen molar-refractivity contribution in [2.75, 3.05) is 5.32 Å². The van der Waals surface area contributed by atoms with Crippen LogP contribution in [0.25, 0.3) is 0 Å². The van der Waals surface area contributed by atoms with Crippen molar-refractivity contribution >= 4 is 11.5 Å². The Morgan fingerprint density at radius 1 is 1.12 bits per heavy atom. The summed E-state index contributed by atoms with van der Waals surface area (Å²) >= 11 is 0. The Balaban J connectivity index is 2.20. The highest BCUT2D eigenvalue weighted by Crippen LogP contribution is 2.17. The lowest BCUT2D eigenvalue weighted by Crippen LogP contribution is -1.96. The second kappa shape index (κ2) is 4.62. The van der Waals surface area contributed by atoms with Crippen LogP contribution in [0, 0.1) is 25.2 Å². The number of aryl methyl sites for hydroxylation is 2. The molecule has 0 atom stereocenters. The zero-order chi connectivity index (χ0) is 12.3. The number of benzene rings is 1. The topological polar surface area (TPSA) is 61.6 Å². The molecule has 2 rings (SSSR count). The molecule has 4 nitrogen and oxygen atoms in total. The van der Waals surface area contributed by atoms with Gasteiger partial charge in [0.05, 0.1) is 12.4 Å². The maximum Gasteiger partial charge on any atom is 0.158 e. The Bertz CT molecular complexity index is 567. The van der Waals surface area contributed by atoms with E-state index in [0.29, 0.717) is 11.5 Å². The molecule has 17 heavy (non-hydrogen) atoms. The van der Waals surface area contributed by atoms with Crippen LogP contribution >= 0.6 is 0 Å². The quantitative estimate of drug-likeness (QED) is 0.851. The van der Waals surface area contributed by atoms with Gasteiger partial charge < -0.3 is 5.32 Å². The standard InChI is InChI=1S/C13H12N4/c1-9-3-4-11(5-10(9)2)17-13-8-15-12(6-14)7-16-13/h3-5,7-8H,1-2H3,(H,16,17). The summed E-state index contributed by atoms with van der Waals surface area (Å²) in [5, 5.41) is 11.8. The Morgan fingerprint density at radius 2 is 1.94 bits per heavy atom. The fourth-order valence-electron chi connectivity index (χ4n) is 1.42. The van der Waals surface area contributed by atoms with E-state index in [4.69, 9.17) is 5.26 Å². The van der Waals surface area contributed by atoms with Crippen LogP contribution < -0.4 is 5.32 Å². The highest BCUT2D eigenvalue weighted by Gasteiger charge is 1.99. The third kappa shape index (κ3) is 2.58. The van der Waals surface area contributed by atoms with Gasteiger partial charge in [0.25, 0.3) is 0 Å². The predicted octanol–water partition coefficient (Wildman–Crippen LogP) is 2.71. The minimum atomic E-state index is 0.315. The van der Waals surface area contributed by atoms with Crippen LogP contribution in [0.3, 0.4) is 0 Å². The van der Waals surface area contributed by atoms with Crippen LogP contribution in [0.15, 0.2) is 30.6 Å². The first-order valence-electron chi connectivity index (χ1n) is 5.25. The van der Waals surface area contributed by atoms with Crippen molar-refractivity contribution in [1.82, 2.24) is 9.97 Å². The summed E-state index contributed by atoms with van der Waals surface area (Å²) in [6, 6.07) is 8.02. The van der Waals surface area contributed by atoms with Crippen LogP contribution in [0.4, 0.5) is 11.5 Å². The molecule has 0 aliphatic carbocycles. The Morgan fingerprint density at radius 3 is 2.53 bits per heavy atom. The summed E-state index contributed by atoms with van der Waals surface area (Å²) in [7, 11) is 0. The minimum absolute atomic E-state index is 0.315. The second-order valence-corrected chi connectivity index (χ2v) is 3.82. The number of rotatable bonds is 2. The van der Waals surface area contributed by atoms with Gasteiger partial charge in [0, 0.05) is 5.69 Å². The normalized spacial score (nSPS) is 9.71. The van der Waals surface area contributed by atoms with E-state index in [1.165, 1.54) is 17.3 Å². The van der Waals surface area contributed by atoms with Crippen molar-refractivity contribution in [2.24, 2.45) is 0 Å². The molecule has 0 radical (unpaired) electrons. The summed E-state index contributed by atoms with van der Waals surface area (Å²) < 4.78 is 0. The lowest BCUT2D eigenvalue weighted by Gasteiger charge is -2.07. The summed E-state index contributed by atoms with van der Waals surface area (Å²) in [5.41, 5.74) is 3.75. The van der Waals surface area contributed by atoms with E-state index >= 15 is 0 Å². The first-order chi connectivity index (χ1) is 8.19. The first kappa shape index (κ1) is 11.1. The Kier molecular flexibility index (Phi) is 3.01. The fraction of sp³-hybridized carbons (Fsp3) is 0.154. The maximum atomic E-state index is 8.61. The average Bonchev–Trinajstić information content (AvgIpc) is 2.35. The van der Waals surface area contributed by atoms with E-state index in [0.717, 1.165) is 5.69 Å². The molecule has 0 saturated heterocycles. The lowest BCUT2D eigenvalue weighted by molar-refractivity contribution is 1.16. The molecular formula is C13H12N4. The van der Waals surface area contributed by atoms with Crippen LogP contribution in [-0.4, -0.2) is 9.97 Å². The maximum absolute atomic E-state index is 8.61. The summed E-state index contributed by atoms with van der Waals surface area (Å²) in [5.74, 6) is 0.632. The molecule has 0 bridgehead atoms. The van der Waals surface area contributed by atoms with Crippen molar-refractivity contribution in [2.45, 2.75) is 13.8 Å². The third-order valence-corrected chi connectivity index (χ3v) is 2.55. The molecule has 1 heterocycles. The molecule has 1 aromatic heterocycles. The van der Waals surface area contributed by atoms with Gasteiger partial charge >= 0.3 is 0 Å². The van der Waals surface area contributed by atoms with Crippen molar-refractivity contribution in [1.29, 1.82) is 5.26 Å². The molecule has 0 spiro atoms. The van der Waals surface area contributed by atoms with E-state index in [-0.39, 0.29) is 0 Å². The number of aromatic nitrogens is 2. The summed E-state index contributed by atoms with van der Waals surface area (Å²) in [4.78, 5) is 8.05. The summed E-state index contributed by atoms with van der Waals surface area (Å²) in [6.45, 7) is 4.13. The van der Waals surface area contributed by atoms with Gasteiger partial charge in [-0.25, -0.2) is 9.97 Å². The zero-order valence-corrected chi connectivity index (χ0v) is 9.73. The van der Waals surface area contributed by atoms with E-state index in [9.17, 15) is 0 Å². The molecule has 1 N–H and O–H groups in total. The van der Waals surface area contributed by atoms with Crippen molar-refractivity contribution in [3.05, 3.63) is 47.4 Å². The molecule has 0 aliphatic heterocycles. The smallest absolute Gasteiger partial charge is 0.158 e. The van der Waals surface area contributed by atoms with Gasteiger partial charge in [-0.2, -0.15) is 5.26 Å². The first-order valence-corrected chi connectivity index (χ1v) is 5.25. The zero-order valence-electron chi connectivity index (χ0n) is 9.73. The molecule has 1 aromatic carbocycles. The van der Waals surface area contributed by atoms with Crippen molar-refractivity contribution < 1.29 is 0 Å². The van der Waals surface area contributed by atoms with Crippen LogP contribution in [0.1, 0.15) is 16.8 Å². The molecule has 2 aromatic rings. The molecular weight excluding hydrogens is 212 g/mol. The highest BCUT2D eigenvalue weighted by atomic mass is 15.0. The van der Waals surface area contributed by atoms with E-state index < -0.39 is 0 Å². The highest BCUT2D eigenvalue weighted by molar-refractivity contribution is 5.57. The number of hydrogen-bond acceptors (Lipinski definition) is 4. The monoisotopic (exact) mass is 224 g/mol. The molecule has 0 amide bonds. The molecule has 0 unspecified atom stereocenters. The Hall–Kier alpha value is -2.41. The van der Waals surface area contributed by atoms with Crippen LogP contribution in [-0.2, 0) is 0 Å². The third-order valence-electron chi connectivity index (χ3n) is 2.55. The van der Waals surface area contributed by atoms with Gasteiger partial charge in [-0.3, -0.25) is 0 Å². The summed E-state index contributed by atoms with van der Waals surface area (Å²) in [6.07, 6.45) is 3.00. The predicted molar refractivity (Wildman–Crippen MR) is 65.9 cm³/mol. The largest absolute Gasteiger partial charge is 0.339 e. The molecule has 0 fully saturated rings. The molecule has 0 saturated carbocycles. The van der Waals surface area contributed by atoms with Gasteiger partial charge in [-0.1, -0.05) is 6.07 Å². The van der Waals surface area contributed by atoms with Gasteiger partial charge in [0.2, 0.25) is 0 Å². The molecule has 4 heteroatoms. The number of nitrogens with zero attached hydrogens (tertiary/aromatic N) is 3.